The summed E-state index contributed by atoms with van der Waals surface area (Å²) >= 11 is 0. The van der Waals surface area contributed by atoms with E-state index in [0.29, 0.717) is 6.54 Å². The van der Waals surface area contributed by atoms with E-state index in [4.69, 9.17) is 4.84 Å². The molecular weight excluding hydrogens is 407 g/mol. The molecule has 1 aliphatic rings. The van der Waals surface area contributed by atoms with Crippen LogP contribution in [0.3, 0.4) is 0 Å². The van der Waals surface area contributed by atoms with Crippen molar-refractivity contribution in [2.24, 2.45) is 18.1 Å². The molecule has 0 amide bonds. The van der Waals surface area contributed by atoms with Crippen molar-refractivity contribution in [2.75, 3.05) is 0 Å². The van der Waals surface area contributed by atoms with Gasteiger partial charge in [-0.3, -0.25) is 0 Å². The van der Waals surface area contributed by atoms with Crippen LogP contribution in [0.4, 0.5) is 4.39 Å². The molecule has 162 valence electrons. The van der Waals surface area contributed by atoms with Crippen molar-refractivity contribution in [3.63, 3.8) is 0 Å². The van der Waals surface area contributed by atoms with E-state index in [0.717, 1.165) is 40.8 Å². The van der Waals surface area contributed by atoms with Crippen LogP contribution in [0.5, 0.6) is 0 Å². The monoisotopic (exact) mass is 430 g/mol. The van der Waals surface area contributed by atoms with E-state index in [9.17, 15) is 9.18 Å². The number of hydrogen-bond acceptors (Lipinski definition) is 4. The van der Waals surface area contributed by atoms with Crippen LogP contribution in [-0.2, 0) is 24.9 Å². The SMILES string of the molecule is Cc1nccn1CC1CCc2c(c3ccccc3n2C)C1=NOC(=O)c1ccc(F)cc1. The first-order valence-corrected chi connectivity index (χ1v) is 10.6. The summed E-state index contributed by atoms with van der Waals surface area (Å²) in [5, 5.41) is 5.50. The lowest BCUT2D eigenvalue weighted by atomic mass is 9.84. The van der Waals surface area contributed by atoms with E-state index < -0.39 is 11.8 Å². The fraction of sp³-hybridized carbons (Fsp3) is 0.240. The van der Waals surface area contributed by atoms with Gasteiger partial charge in [0, 0.05) is 54.1 Å². The predicted octanol–water partition coefficient (Wildman–Crippen LogP) is 4.65. The van der Waals surface area contributed by atoms with Gasteiger partial charge in [-0.1, -0.05) is 23.4 Å². The molecule has 1 aliphatic carbocycles. The summed E-state index contributed by atoms with van der Waals surface area (Å²) in [5.41, 5.74) is 4.35. The molecule has 6 nitrogen and oxygen atoms in total. The summed E-state index contributed by atoms with van der Waals surface area (Å²) in [6.07, 6.45) is 5.52. The number of para-hydroxylation sites is 1. The van der Waals surface area contributed by atoms with Gasteiger partial charge in [-0.15, -0.1) is 0 Å². The number of rotatable bonds is 4. The number of carbonyl (C=O) groups excluding carboxylic acids is 1. The molecule has 0 radical (unpaired) electrons. The third kappa shape index (κ3) is 3.49. The van der Waals surface area contributed by atoms with E-state index in [1.54, 1.807) is 6.20 Å². The highest BCUT2D eigenvalue weighted by atomic mass is 19.1. The number of benzene rings is 2. The average Bonchev–Trinajstić information content (AvgIpc) is 3.34. The van der Waals surface area contributed by atoms with Gasteiger partial charge in [0.05, 0.1) is 11.3 Å². The number of hydrogen-bond donors (Lipinski definition) is 0. The van der Waals surface area contributed by atoms with Gasteiger partial charge in [-0.05, 0) is 50.1 Å². The highest BCUT2D eigenvalue weighted by molar-refractivity contribution is 6.14. The molecule has 0 bridgehead atoms. The molecule has 0 aliphatic heterocycles. The number of oxime groups is 1. The number of aryl methyl sites for hydroxylation is 2. The topological polar surface area (TPSA) is 61.4 Å². The summed E-state index contributed by atoms with van der Waals surface area (Å²) < 4.78 is 17.5. The van der Waals surface area contributed by atoms with Crippen LogP contribution in [-0.4, -0.2) is 25.8 Å². The van der Waals surface area contributed by atoms with E-state index in [2.05, 4.69) is 38.5 Å². The van der Waals surface area contributed by atoms with E-state index in [-0.39, 0.29) is 11.5 Å². The van der Waals surface area contributed by atoms with Gasteiger partial charge in [-0.25, -0.2) is 14.2 Å². The van der Waals surface area contributed by atoms with Crippen molar-refractivity contribution in [1.82, 2.24) is 14.1 Å². The first-order valence-electron chi connectivity index (χ1n) is 10.6. The van der Waals surface area contributed by atoms with Crippen molar-refractivity contribution in [1.29, 1.82) is 0 Å². The zero-order valence-corrected chi connectivity index (χ0v) is 18.0. The van der Waals surface area contributed by atoms with Crippen molar-refractivity contribution in [2.45, 2.75) is 26.3 Å². The molecule has 1 unspecified atom stereocenters. The lowest BCUT2D eigenvalue weighted by molar-refractivity contribution is 0.0513. The van der Waals surface area contributed by atoms with Gasteiger partial charge in [-0.2, -0.15) is 0 Å². The number of imidazole rings is 1. The molecule has 0 spiro atoms. The Morgan fingerprint density at radius 2 is 2.00 bits per heavy atom. The Morgan fingerprint density at radius 1 is 1.22 bits per heavy atom. The Hall–Kier alpha value is -3.74. The maximum absolute atomic E-state index is 13.2. The van der Waals surface area contributed by atoms with Gasteiger partial charge < -0.3 is 14.0 Å². The first kappa shape index (κ1) is 20.2. The normalized spacial score (nSPS) is 17.0. The smallest absolute Gasteiger partial charge is 0.347 e. The van der Waals surface area contributed by atoms with E-state index in [1.165, 1.54) is 30.0 Å². The van der Waals surface area contributed by atoms with Gasteiger partial charge in [0.1, 0.15) is 11.6 Å². The minimum atomic E-state index is -0.609. The van der Waals surface area contributed by atoms with Crippen LogP contribution >= 0.6 is 0 Å². The van der Waals surface area contributed by atoms with E-state index in [1.807, 2.05) is 25.3 Å². The number of aromatic nitrogens is 3. The Balaban J connectivity index is 1.57. The quantitative estimate of drug-likeness (QED) is 0.350. The third-order valence-electron chi connectivity index (χ3n) is 6.25. The zero-order valence-electron chi connectivity index (χ0n) is 18.0. The van der Waals surface area contributed by atoms with Crippen LogP contribution in [0.15, 0.2) is 66.1 Å². The summed E-state index contributed by atoms with van der Waals surface area (Å²) in [6, 6.07) is 13.5. The largest absolute Gasteiger partial charge is 0.365 e. The second-order valence-electron chi connectivity index (χ2n) is 8.12. The first-order chi connectivity index (χ1) is 15.5. The molecule has 1 atom stereocenters. The van der Waals surface area contributed by atoms with Gasteiger partial charge in [0.2, 0.25) is 0 Å². The number of fused-ring (bicyclic) bond motifs is 3. The highest BCUT2D eigenvalue weighted by Crippen LogP contribution is 2.35. The van der Waals surface area contributed by atoms with Gasteiger partial charge in [0.15, 0.2) is 0 Å². The maximum atomic E-state index is 13.2. The zero-order chi connectivity index (χ0) is 22.2. The minimum Gasteiger partial charge on any atom is -0.347 e. The number of halogens is 1. The molecule has 0 saturated carbocycles. The standard InChI is InChI=1S/C25H23FN4O2/c1-16-27-13-14-30(16)15-18-9-12-22-23(20-5-3-4-6-21(20)29(22)2)24(18)28-32-25(31)17-7-10-19(26)11-8-17/h3-8,10-11,13-14,18H,9,12,15H2,1-2H3. The number of carbonyl (C=O) groups is 1. The summed E-state index contributed by atoms with van der Waals surface area (Å²) in [6.45, 7) is 2.67. The molecule has 0 saturated heterocycles. The summed E-state index contributed by atoms with van der Waals surface area (Å²) in [7, 11) is 2.06. The molecular formula is C25H23FN4O2. The van der Waals surface area contributed by atoms with Crippen LogP contribution < -0.4 is 0 Å². The van der Waals surface area contributed by atoms with Crippen LogP contribution in [0, 0.1) is 18.7 Å². The number of nitrogens with zero attached hydrogens (tertiary/aromatic N) is 4. The van der Waals surface area contributed by atoms with Crippen molar-refractivity contribution >= 4 is 22.6 Å². The second-order valence-corrected chi connectivity index (χ2v) is 8.12. The molecule has 0 fully saturated rings. The average molecular weight is 430 g/mol. The maximum Gasteiger partial charge on any atom is 0.365 e. The molecule has 32 heavy (non-hydrogen) atoms. The van der Waals surface area contributed by atoms with Crippen LogP contribution in [0.1, 0.15) is 33.9 Å². The lowest BCUT2D eigenvalue weighted by Gasteiger charge is -2.25. The van der Waals surface area contributed by atoms with Crippen molar-refractivity contribution in [3.8, 4) is 0 Å². The molecule has 0 N–H and O–H groups in total. The molecule has 7 heteroatoms. The molecule has 2 heterocycles. The fourth-order valence-electron chi connectivity index (χ4n) is 4.54. The fourth-order valence-corrected chi connectivity index (χ4v) is 4.54. The van der Waals surface area contributed by atoms with Crippen molar-refractivity contribution in [3.05, 3.63) is 89.4 Å². The Kier molecular flexibility index (Phi) is 5.09. The highest BCUT2D eigenvalue weighted by Gasteiger charge is 2.32. The molecule has 2 aromatic carbocycles. The second kappa shape index (κ2) is 8.07. The van der Waals surface area contributed by atoms with Gasteiger partial charge in [0.25, 0.3) is 0 Å². The predicted molar refractivity (Wildman–Crippen MR) is 120 cm³/mol. The molecule has 4 aromatic rings. The minimum absolute atomic E-state index is 0.0576. The van der Waals surface area contributed by atoms with E-state index >= 15 is 0 Å². The van der Waals surface area contributed by atoms with Crippen LogP contribution in [0.2, 0.25) is 0 Å². The summed E-state index contributed by atoms with van der Waals surface area (Å²) in [4.78, 5) is 22.3. The molecule has 2 aromatic heterocycles. The summed E-state index contributed by atoms with van der Waals surface area (Å²) in [5.74, 6) is -0.0303. The van der Waals surface area contributed by atoms with Crippen molar-refractivity contribution < 1.29 is 14.0 Å². The Labute approximate surface area is 184 Å². The molecule has 5 rings (SSSR count). The third-order valence-corrected chi connectivity index (χ3v) is 6.25. The Morgan fingerprint density at radius 3 is 2.75 bits per heavy atom. The van der Waals surface area contributed by atoms with Gasteiger partial charge >= 0.3 is 5.97 Å². The Bertz CT molecular complexity index is 1330. The van der Waals surface area contributed by atoms with Crippen LogP contribution in [0.25, 0.3) is 10.9 Å². The lowest BCUT2D eigenvalue weighted by Crippen LogP contribution is -2.28.